The molecule has 5 nitrogen and oxygen atoms in total. The molecule has 0 radical (unpaired) electrons. The molecule has 0 fully saturated rings. The first-order valence-corrected chi connectivity index (χ1v) is 8.47. The molecule has 1 aromatic rings. The van der Waals surface area contributed by atoms with Gasteiger partial charge in [-0.25, -0.2) is 8.42 Å². The lowest BCUT2D eigenvalue weighted by Gasteiger charge is -2.29. The van der Waals surface area contributed by atoms with Gasteiger partial charge >= 0.3 is 0 Å². The fourth-order valence-corrected chi connectivity index (χ4v) is 3.02. The van der Waals surface area contributed by atoms with Crippen molar-refractivity contribution in [3.63, 3.8) is 0 Å². The Labute approximate surface area is 121 Å². The molecule has 0 bridgehead atoms. The Morgan fingerprint density at radius 1 is 1.25 bits per heavy atom. The van der Waals surface area contributed by atoms with E-state index in [4.69, 9.17) is 0 Å². The first-order chi connectivity index (χ1) is 9.27. The Morgan fingerprint density at radius 2 is 1.80 bits per heavy atom. The Hall–Kier alpha value is -1.56. The number of hydrogen-bond acceptors (Lipinski definition) is 3. The minimum atomic E-state index is -3.53. The first kappa shape index (κ1) is 16.5. The third-order valence-electron chi connectivity index (χ3n) is 3.10. The van der Waals surface area contributed by atoms with Crippen LogP contribution in [0.25, 0.3) is 0 Å². The van der Waals surface area contributed by atoms with E-state index in [-0.39, 0.29) is 11.9 Å². The molecular weight excluding hydrogens is 276 g/mol. The van der Waals surface area contributed by atoms with Gasteiger partial charge in [-0.05, 0) is 32.4 Å². The smallest absolute Gasteiger partial charge is 0.243 e. The molecule has 0 aliphatic carbocycles. The maximum absolute atomic E-state index is 12.2. The van der Waals surface area contributed by atoms with Gasteiger partial charge in [-0.3, -0.25) is 9.10 Å². The third-order valence-corrected chi connectivity index (χ3v) is 4.34. The summed E-state index contributed by atoms with van der Waals surface area (Å²) in [7, 11) is -3.53. The number of sulfonamides is 1. The van der Waals surface area contributed by atoms with Crippen LogP contribution in [0.4, 0.5) is 5.69 Å². The van der Waals surface area contributed by atoms with E-state index < -0.39 is 16.1 Å². The second-order valence-electron chi connectivity index (χ2n) is 4.89. The summed E-state index contributed by atoms with van der Waals surface area (Å²) >= 11 is 0. The van der Waals surface area contributed by atoms with E-state index in [1.54, 1.807) is 37.3 Å². The van der Waals surface area contributed by atoms with Crippen LogP contribution in [0.2, 0.25) is 0 Å². The molecule has 1 aromatic carbocycles. The number of para-hydroxylation sites is 1. The molecule has 2 atom stereocenters. The number of carbonyl (C=O) groups excluding carboxylic acids is 1. The molecule has 1 amide bonds. The molecule has 0 unspecified atom stereocenters. The Balaban J connectivity index is 3.05. The van der Waals surface area contributed by atoms with Crippen molar-refractivity contribution in [1.82, 2.24) is 5.32 Å². The molecule has 0 aliphatic heterocycles. The van der Waals surface area contributed by atoms with Gasteiger partial charge in [0.05, 0.1) is 11.9 Å². The maximum Gasteiger partial charge on any atom is 0.243 e. The fourth-order valence-electron chi connectivity index (χ4n) is 1.85. The molecule has 20 heavy (non-hydrogen) atoms. The van der Waals surface area contributed by atoms with Gasteiger partial charge < -0.3 is 5.32 Å². The van der Waals surface area contributed by atoms with Crippen molar-refractivity contribution in [3.05, 3.63) is 30.3 Å². The van der Waals surface area contributed by atoms with Crippen LogP contribution >= 0.6 is 0 Å². The van der Waals surface area contributed by atoms with E-state index in [2.05, 4.69) is 5.32 Å². The predicted molar refractivity (Wildman–Crippen MR) is 81.1 cm³/mol. The van der Waals surface area contributed by atoms with E-state index in [0.717, 1.165) is 17.0 Å². The van der Waals surface area contributed by atoms with Crippen LogP contribution in [0.3, 0.4) is 0 Å². The summed E-state index contributed by atoms with van der Waals surface area (Å²) in [6.45, 7) is 5.44. The van der Waals surface area contributed by atoms with Crippen LogP contribution in [0.1, 0.15) is 27.2 Å². The van der Waals surface area contributed by atoms with Crippen LogP contribution in [-0.4, -0.2) is 32.7 Å². The highest BCUT2D eigenvalue weighted by Crippen LogP contribution is 2.20. The number of rotatable bonds is 6. The first-order valence-electron chi connectivity index (χ1n) is 6.62. The molecule has 0 saturated carbocycles. The van der Waals surface area contributed by atoms with Crippen molar-refractivity contribution < 1.29 is 13.2 Å². The predicted octanol–water partition coefficient (Wildman–Crippen LogP) is 1.76. The van der Waals surface area contributed by atoms with E-state index in [1.165, 1.54) is 0 Å². The zero-order valence-electron chi connectivity index (χ0n) is 12.3. The molecule has 6 heteroatoms. The van der Waals surface area contributed by atoms with Crippen LogP contribution < -0.4 is 9.62 Å². The van der Waals surface area contributed by atoms with Gasteiger partial charge in [0, 0.05) is 6.04 Å². The van der Waals surface area contributed by atoms with Crippen LogP contribution in [0.5, 0.6) is 0 Å². The highest BCUT2D eigenvalue weighted by molar-refractivity contribution is 7.92. The van der Waals surface area contributed by atoms with Crippen molar-refractivity contribution in [3.8, 4) is 0 Å². The normalized spacial score (nSPS) is 14.4. The van der Waals surface area contributed by atoms with E-state index in [0.29, 0.717) is 5.69 Å². The highest BCUT2D eigenvalue weighted by atomic mass is 32.2. The van der Waals surface area contributed by atoms with Crippen LogP contribution in [-0.2, 0) is 14.8 Å². The molecule has 0 spiro atoms. The lowest BCUT2D eigenvalue weighted by atomic mass is 10.2. The SMILES string of the molecule is CC[C@@H](C)NC(=O)[C@H](C)N(c1ccccc1)S(C)(=O)=O. The summed E-state index contributed by atoms with van der Waals surface area (Å²) in [6.07, 6.45) is 1.90. The number of amides is 1. The summed E-state index contributed by atoms with van der Waals surface area (Å²) in [5.41, 5.74) is 0.488. The number of benzene rings is 1. The maximum atomic E-state index is 12.2. The van der Waals surface area contributed by atoms with Gasteiger partial charge in [0.25, 0.3) is 0 Å². The third kappa shape index (κ3) is 4.23. The zero-order valence-corrected chi connectivity index (χ0v) is 13.1. The van der Waals surface area contributed by atoms with E-state index in [1.807, 2.05) is 13.8 Å². The van der Waals surface area contributed by atoms with Crippen molar-refractivity contribution in [2.24, 2.45) is 0 Å². The largest absolute Gasteiger partial charge is 0.352 e. The number of carbonyl (C=O) groups is 1. The van der Waals surface area contributed by atoms with Crippen LogP contribution in [0.15, 0.2) is 30.3 Å². The molecule has 1 N–H and O–H groups in total. The summed E-state index contributed by atoms with van der Waals surface area (Å²) in [5, 5.41) is 2.81. The van der Waals surface area contributed by atoms with Gasteiger partial charge in [-0.15, -0.1) is 0 Å². The average Bonchev–Trinajstić information content (AvgIpc) is 2.38. The van der Waals surface area contributed by atoms with E-state index in [9.17, 15) is 13.2 Å². The second kappa shape index (κ2) is 6.74. The summed E-state index contributed by atoms with van der Waals surface area (Å²) in [6, 6.07) is 7.86. The average molecular weight is 298 g/mol. The van der Waals surface area contributed by atoms with Gasteiger partial charge in [0.1, 0.15) is 6.04 Å². The fraction of sp³-hybridized carbons (Fsp3) is 0.500. The van der Waals surface area contributed by atoms with Crippen molar-refractivity contribution in [1.29, 1.82) is 0 Å². The minimum absolute atomic E-state index is 0.0159. The topological polar surface area (TPSA) is 66.5 Å². The molecule has 1 rings (SSSR count). The molecule has 0 aromatic heterocycles. The van der Waals surface area contributed by atoms with Crippen LogP contribution in [0, 0.1) is 0 Å². The highest BCUT2D eigenvalue weighted by Gasteiger charge is 2.29. The quantitative estimate of drug-likeness (QED) is 0.870. The molecule has 0 saturated heterocycles. The Kier molecular flexibility index (Phi) is 5.56. The second-order valence-corrected chi connectivity index (χ2v) is 6.75. The zero-order chi connectivity index (χ0) is 15.3. The number of nitrogens with zero attached hydrogens (tertiary/aromatic N) is 1. The lowest BCUT2D eigenvalue weighted by Crippen LogP contribution is -2.49. The number of anilines is 1. The number of hydrogen-bond donors (Lipinski definition) is 1. The molecule has 0 aliphatic rings. The van der Waals surface area contributed by atoms with Gasteiger partial charge in [-0.2, -0.15) is 0 Å². The van der Waals surface area contributed by atoms with Gasteiger partial charge in [0.15, 0.2) is 0 Å². The number of nitrogens with one attached hydrogen (secondary N) is 1. The molecule has 112 valence electrons. The molecule has 0 heterocycles. The van der Waals surface area contributed by atoms with Gasteiger partial charge in [-0.1, -0.05) is 25.1 Å². The summed E-state index contributed by atoms with van der Waals surface area (Å²) in [4.78, 5) is 12.2. The lowest BCUT2D eigenvalue weighted by molar-refractivity contribution is -0.122. The van der Waals surface area contributed by atoms with Crippen molar-refractivity contribution in [2.45, 2.75) is 39.3 Å². The van der Waals surface area contributed by atoms with Gasteiger partial charge in [0.2, 0.25) is 15.9 Å². The van der Waals surface area contributed by atoms with Crippen molar-refractivity contribution >= 4 is 21.6 Å². The Bertz CT molecular complexity index is 543. The summed E-state index contributed by atoms with van der Waals surface area (Å²) < 4.78 is 25.1. The van der Waals surface area contributed by atoms with E-state index >= 15 is 0 Å². The molecular formula is C14H22N2O3S. The minimum Gasteiger partial charge on any atom is -0.352 e. The summed E-state index contributed by atoms with van der Waals surface area (Å²) in [5.74, 6) is -0.298. The Morgan fingerprint density at radius 3 is 2.25 bits per heavy atom. The van der Waals surface area contributed by atoms with Crippen molar-refractivity contribution in [2.75, 3.05) is 10.6 Å². The standard InChI is InChI=1S/C14H22N2O3S/c1-5-11(2)15-14(17)12(3)16(20(4,18)19)13-9-7-6-8-10-13/h6-12H,5H2,1-4H3,(H,15,17)/t11-,12+/m1/s1. The monoisotopic (exact) mass is 298 g/mol.